The fraction of sp³-hybridized carbons (Fsp3) is 0.238. The molecule has 27 heavy (non-hydrogen) atoms. The topological polar surface area (TPSA) is 65.2 Å². The van der Waals surface area contributed by atoms with Gasteiger partial charge in [-0.15, -0.1) is 0 Å². The first kappa shape index (κ1) is 19.0. The van der Waals surface area contributed by atoms with Gasteiger partial charge in [0.2, 0.25) is 11.8 Å². The second-order valence-corrected chi connectivity index (χ2v) is 6.91. The maximum atomic E-state index is 12.3. The van der Waals surface area contributed by atoms with Crippen LogP contribution in [-0.2, 0) is 16.0 Å². The number of halogens is 1. The maximum Gasteiger partial charge on any atom is 0.240 e. The Morgan fingerprint density at radius 2 is 1.96 bits per heavy atom. The largest absolute Gasteiger partial charge is 0.361 e. The van der Waals surface area contributed by atoms with Crippen molar-refractivity contribution >= 4 is 40.0 Å². The molecule has 0 saturated heterocycles. The summed E-state index contributed by atoms with van der Waals surface area (Å²) in [6.45, 7) is 3.79. The number of carbonyl (C=O) groups is 2. The number of nitrogens with zero attached hydrogens (tertiary/aromatic N) is 1. The Labute approximate surface area is 163 Å². The molecule has 3 aromatic rings. The normalized spacial score (nSPS) is 10.8. The Bertz CT molecular complexity index is 980. The van der Waals surface area contributed by atoms with Gasteiger partial charge in [0.05, 0.1) is 0 Å². The molecule has 0 bridgehead atoms. The van der Waals surface area contributed by atoms with Gasteiger partial charge in [0.25, 0.3) is 0 Å². The number of rotatable bonds is 6. The molecule has 0 unspecified atom stereocenters. The lowest BCUT2D eigenvalue weighted by Gasteiger charge is -2.21. The molecule has 0 aliphatic heterocycles. The summed E-state index contributed by atoms with van der Waals surface area (Å²) in [6, 6.07) is 13.4. The average Bonchev–Trinajstić information content (AvgIpc) is 3.05. The summed E-state index contributed by atoms with van der Waals surface area (Å²) in [7, 11) is 0. The number of para-hydroxylation sites is 1. The van der Waals surface area contributed by atoms with Gasteiger partial charge in [-0.05, 0) is 42.7 Å². The minimum Gasteiger partial charge on any atom is -0.361 e. The predicted molar refractivity (Wildman–Crippen MR) is 109 cm³/mol. The third kappa shape index (κ3) is 4.49. The van der Waals surface area contributed by atoms with E-state index in [0.29, 0.717) is 23.7 Å². The number of amides is 2. The van der Waals surface area contributed by atoms with Crippen molar-refractivity contribution in [3.63, 3.8) is 0 Å². The zero-order valence-electron chi connectivity index (χ0n) is 15.4. The summed E-state index contributed by atoms with van der Waals surface area (Å²) in [4.78, 5) is 29.0. The van der Waals surface area contributed by atoms with Crippen LogP contribution in [0.3, 0.4) is 0 Å². The van der Waals surface area contributed by atoms with Gasteiger partial charge in [-0.25, -0.2) is 0 Å². The molecule has 0 aliphatic carbocycles. The first-order chi connectivity index (χ1) is 13.0. The van der Waals surface area contributed by atoms with Crippen LogP contribution in [0, 0.1) is 6.92 Å². The molecule has 1 heterocycles. The minimum absolute atomic E-state index is 0.0391. The Balaban J connectivity index is 1.59. The van der Waals surface area contributed by atoms with Gasteiger partial charge >= 0.3 is 0 Å². The Morgan fingerprint density at radius 1 is 1.19 bits per heavy atom. The van der Waals surface area contributed by atoms with Gasteiger partial charge in [-0.2, -0.15) is 0 Å². The number of fused-ring (bicyclic) bond motifs is 1. The molecule has 0 atom stereocenters. The lowest BCUT2D eigenvalue weighted by Crippen LogP contribution is -2.40. The fourth-order valence-electron chi connectivity index (χ4n) is 3.01. The number of aryl methyl sites for hydroxylation is 1. The zero-order chi connectivity index (χ0) is 19.4. The number of aromatic nitrogens is 1. The lowest BCUT2D eigenvalue weighted by molar-refractivity contribution is -0.123. The standard InChI is InChI=1S/C21H22ClN3O2/c1-14-7-8-17(11-19(14)22)25(15(2)26)13-21(27)23-10-9-16-12-24-20-6-4-3-5-18(16)20/h3-8,11-12,24H,9-10,13H2,1-2H3,(H,23,27). The number of aromatic amines is 1. The lowest BCUT2D eigenvalue weighted by atomic mass is 10.1. The van der Waals surface area contributed by atoms with Crippen LogP contribution in [0.5, 0.6) is 0 Å². The molecule has 2 N–H and O–H groups in total. The smallest absolute Gasteiger partial charge is 0.240 e. The van der Waals surface area contributed by atoms with Crippen molar-refractivity contribution in [1.29, 1.82) is 0 Å². The first-order valence-corrected chi connectivity index (χ1v) is 9.19. The van der Waals surface area contributed by atoms with Crippen LogP contribution in [0.1, 0.15) is 18.1 Å². The minimum atomic E-state index is -0.207. The van der Waals surface area contributed by atoms with Crippen LogP contribution in [0.15, 0.2) is 48.7 Å². The molecule has 0 fully saturated rings. The third-order valence-corrected chi connectivity index (χ3v) is 4.95. The van der Waals surface area contributed by atoms with Crippen molar-refractivity contribution in [3.05, 3.63) is 64.8 Å². The number of hydrogen-bond acceptors (Lipinski definition) is 2. The highest BCUT2D eigenvalue weighted by molar-refractivity contribution is 6.31. The number of hydrogen-bond donors (Lipinski definition) is 2. The van der Waals surface area contributed by atoms with E-state index in [0.717, 1.165) is 22.0 Å². The molecule has 0 spiro atoms. The van der Waals surface area contributed by atoms with E-state index in [-0.39, 0.29) is 18.4 Å². The Morgan fingerprint density at radius 3 is 2.70 bits per heavy atom. The number of H-pyrrole nitrogens is 1. The molecule has 2 amide bonds. The quantitative estimate of drug-likeness (QED) is 0.679. The summed E-state index contributed by atoms with van der Waals surface area (Å²) < 4.78 is 0. The number of nitrogens with one attached hydrogen (secondary N) is 2. The van der Waals surface area contributed by atoms with Gasteiger partial charge in [-0.3, -0.25) is 9.59 Å². The van der Waals surface area contributed by atoms with Gasteiger partial charge in [0.15, 0.2) is 0 Å². The van der Waals surface area contributed by atoms with Gasteiger partial charge < -0.3 is 15.2 Å². The van der Waals surface area contributed by atoms with Crippen LogP contribution in [0.4, 0.5) is 5.69 Å². The summed E-state index contributed by atoms with van der Waals surface area (Å²) in [6.07, 6.45) is 2.68. The van der Waals surface area contributed by atoms with Crippen molar-refractivity contribution < 1.29 is 9.59 Å². The van der Waals surface area contributed by atoms with E-state index in [1.807, 2.05) is 37.4 Å². The van der Waals surface area contributed by atoms with Gasteiger partial charge in [-0.1, -0.05) is 35.9 Å². The molecule has 0 aliphatic rings. The molecule has 5 nitrogen and oxygen atoms in total. The Kier molecular flexibility index (Phi) is 5.81. The van der Waals surface area contributed by atoms with Crippen molar-refractivity contribution in [2.24, 2.45) is 0 Å². The van der Waals surface area contributed by atoms with Crippen LogP contribution in [0.25, 0.3) is 10.9 Å². The first-order valence-electron chi connectivity index (χ1n) is 8.81. The van der Waals surface area contributed by atoms with Crippen molar-refractivity contribution in [2.75, 3.05) is 18.0 Å². The molecule has 3 rings (SSSR count). The monoisotopic (exact) mass is 383 g/mol. The second-order valence-electron chi connectivity index (χ2n) is 6.50. The summed E-state index contributed by atoms with van der Waals surface area (Å²) in [5.41, 5.74) is 3.77. The molecule has 140 valence electrons. The van der Waals surface area contributed by atoms with Crippen LogP contribution in [0.2, 0.25) is 5.02 Å². The van der Waals surface area contributed by atoms with Crippen LogP contribution >= 0.6 is 11.6 Å². The van der Waals surface area contributed by atoms with Crippen molar-refractivity contribution in [1.82, 2.24) is 10.3 Å². The van der Waals surface area contributed by atoms with E-state index < -0.39 is 0 Å². The molecule has 0 saturated carbocycles. The zero-order valence-corrected chi connectivity index (χ0v) is 16.1. The summed E-state index contributed by atoms with van der Waals surface area (Å²) in [5, 5.41) is 4.61. The summed E-state index contributed by atoms with van der Waals surface area (Å²) in [5.74, 6) is -0.413. The molecule has 1 aromatic heterocycles. The maximum absolute atomic E-state index is 12.3. The number of anilines is 1. The van der Waals surface area contributed by atoms with E-state index >= 15 is 0 Å². The molecular formula is C21H22ClN3O2. The summed E-state index contributed by atoms with van der Waals surface area (Å²) >= 11 is 6.15. The van der Waals surface area contributed by atoms with E-state index in [1.54, 1.807) is 12.1 Å². The third-order valence-electron chi connectivity index (χ3n) is 4.54. The molecule has 2 aromatic carbocycles. The van der Waals surface area contributed by atoms with E-state index in [1.165, 1.54) is 11.8 Å². The predicted octanol–water partition coefficient (Wildman–Crippen LogP) is 3.84. The molecular weight excluding hydrogens is 362 g/mol. The highest BCUT2D eigenvalue weighted by atomic mass is 35.5. The van der Waals surface area contributed by atoms with Crippen LogP contribution < -0.4 is 10.2 Å². The second kappa shape index (κ2) is 8.27. The number of carbonyl (C=O) groups excluding carboxylic acids is 2. The van der Waals surface area contributed by atoms with E-state index in [4.69, 9.17) is 11.6 Å². The van der Waals surface area contributed by atoms with Crippen molar-refractivity contribution in [3.8, 4) is 0 Å². The van der Waals surface area contributed by atoms with Gasteiger partial charge in [0.1, 0.15) is 6.54 Å². The highest BCUT2D eigenvalue weighted by Crippen LogP contribution is 2.23. The molecule has 6 heteroatoms. The SMILES string of the molecule is CC(=O)N(CC(=O)NCCc1c[nH]c2ccccc12)c1ccc(C)c(Cl)c1. The van der Waals surface area contributed by atoms with E-state index in [9.17, 15) is 9.59 Å². The fourth-order valence-corrected chi connectivity index (χ4v) is 3.18. The average molecular weight is 384 g/mol. The Hall–Kier alpha value is -2.79. The van der Waals surface area contributed by atoms with Crippen LogP contribution in [-0.4, -0.2) is 29.9 Å². The molecule has 0 radical (unpaired) electrons. The highest BCUT2D eigenvalue weighted by Gasteiger charge is 2.16. The van der Waals surface area contributed by atoms with Gasteiger partial charge in [0, 0.05) is 41.3 Å². The number of benzene rings is 2. The van der Waals surface area contributed by atoms with Crippen molar-refractivity contribution in [2.45, 2.75) is 20.3 Å². The van der Waals surface area contributed by atoms with E-state index in [2.05, 4.69) is 16.4 Å².